The lowest BCUT2D eigenvalue weighted by Crippen LogP contribution is -2.02. The van der Waals surface area contributed by atoms with E-state index in [1.807, 2.05) is 30.3 Å². The maximum Gasteiger partial charge on any atom is 0.209 e. The number of benzene rings is 2. The number of Topliss-reactive ketones (excluding diaryl/α,β-unsaturated/α-hetero) is 1. The molecule has 1 N–H and O–H groups in total. The molecule has 0 unspecified atom stereocenters. The molecule has 22 heavy (non-hydrogen) atoms. The van der Waals surface area contributed by atoms with Crippen molar-refractivity contribution in [2.45, 2.75) is 5.16 Å². The van der Waals surface area contributed by atoms with E-state index in [9.17, 15) is 9.18 Å². The number of nitrogens with one attached hydrogen (secondary N) is 1. The Labute approximate surface area is 130 Å². The monoisotopic (exact) mass is 313 g/mol. The molecule has 0 spiro atoms. The second kappa shape index (κ2) is 6.53. The summed E-state index contributed by atoms with van der Waals surface area (Å²) in [6.07, 6.45) is 0. The first-order valence-electron chi connectivity index (χ1n) is 6.62. The minimum atomic E-state index is -0.417. The molecule has 0 saturated heterocycles. The second-order valence-electron chi connectivity index (χ2n) is 4.55. The molecule has 110 valence electrons. The number of nitrogens with zero attached hydrogens (tertiary/aromatic N) is 2. The topological polar surface area (TPSA) is 58.6 Å². The lowest BCUT2D eigenvalue weighted by molar-refractivity contribution is 0.102. The number of H-pyrrole nitrogens is 1. The predicted octanol–water partition coefficient (Wildman–Crippen LogP) is 3.59. The van der Waals surface area contributed by atoms with Crippen molar-refractivity contribution in [1.82, 2.24) is 15.2 Å². The van der Waals surface area contributed by atoms with Crippen LogP contribution in [-0.4, -0.2) is 26.7 Å². The molecule has 0 aliphatic rings. The molecule has 6 heteroatoms. The third-order valence-electron chi connectivity index (χ3n) is 2.99. The van der Waals surface area contributed by atoms with Gasteiger partial charge in [0.15, 0.2) is 11.6 Å². The average molecular weight is 313 g/mol. The second-order valence-corrected chi connectivity index (χ2v) is 5.50. The fraction of sp³-hybridized carbons (Fsp3) is 0.0625. The molecule has 0 atom stereocenters. The molecule has 0 saturated carbocycles. The Hall–Kier alpha value is -2.47. The largest absolute Gasteiger partial charge is 0.293 e. The van der Waals surface area contributed by atoms with Gasteiger partial charge in [0.05, 0.1) is 5.75 Å². The van der Waals surface area contributed by atoms with Gasteiger partial charge in [-0.1, -0.05) is 54.2 Å². The third kappa shape index (κ3) is 3.40. The van der Waals surface area contributed by atoms with E-state index in [1.165, 1.54) is 30.0 Å². The molecule has 2 aromatic carbocycles. The highest BCUT2D eigenvalue weighted by Gasteiger charge is 2.11. The summed E-state index contributed by atoms with van der Waals surface area (Å²) >= 11 is 1.22. The molecule has 0 bridgehead atoms. The van der Waals surface area contributed by atoms with E-state index < -0.39 is 5.82 Å². The summed E-state index contributed by atoms with van der Waals surface area (Å²) < 4.78 is 13.1. The van der Waals surface area contributed by atoms with Crippen LogP contribution in [0.25, 0.3) is 11.4 Å². The van der Waals surface area contributed by atoms with E-state index in [1.54, 1.807) is 6.07 Å². The predicted molar refractivity (Wildman–Crippen MR) is 83.3 cm³/mol. The summed E-state index contributed by atoms with van der Waals surface area (Å²) in [7, 11) is 0. The van der Waals surface area contributed by atoms with E-state index in [2.05, 4.69) is 15.2 Å². The zero-order chi connectivity index (χ0) is 15.4. The fourth-order valence-electron chi connectivity index (χ4n) is 1.91. The molecule has 3 rings (SSSR count). The van der Waals surface area contributed by atoms with Gasteiger partial charge in [-0.05, 0) is 12.1 Å². The lowest BCUT2D eigenvalue weighted by atomic mass is 10.1. The van der Waals surface area contributed by atoms with Crippen molar-refractivity contribution in [3.63, 3.8) is 0 Å². The Morgan fingerprint density at radius 2 is 1.95 bits per heavy atom. The van der Waals surface area contributed by atoms with Crippen LogP contribution in [0.3, 0.4) is 0 Å². The number of hydrogen-bond donors (Lipinski definition) is 1. The van der Waals surface area contributed by atoms with Crippen LogP contribution in [0.15, 0.2) is 59.8 Å². The van der Waals surface area contributed by atoms with E-state index in [4.69, 9.17) is 0 Å². The molecule has 4 nitrogen and oxygen atoms in total. The van der Waals surface area contributed by atoms with Crippen molar-refractivity contribution in [3.05, 3.63) is 66.0 Å². The highest BCUT2D eigenvalue weighted by Crippen LogP contribution is 2.19. The van der Waals surface area contributed by atoms with E-state index in [-0.39, 0.29) is 11.5 Å². The van der Waals surface area contributed by atoms with Crippen LogP contribution in [0.1, 0.15) is 10.4 Å². The van der Waals surface area contributed by atoms with Crippen molar-refractivity contribution < 1.29 is 9.18 Å². The van der Waals surface area contributed by atoms with Crippen molar-refractivity contribution in [1.29, 1.82) is 0 Å². The van der Waals surface area contributed by atoms with E-state index in [0.29, 0.717) is 16.5 Å². The molecule has 0 amide bonds. The quantitative estimate of drug-likeness (QED) is 0.578. The standard InChI is InChI=1S/C16H12FN3OS/c17-13-8-4-7-12(9-13)14(21)10-22-16-18-15(19-20-16)11-5-2-1-3-6-11/h1-9H,10H2,(H,18,19,20). The molecule has 0 fully saturated rings. The average Bonchev–Trinajstić information content (AvgIpc) is 3.02. The highest BCUT2D eigenvalue weighted by molar-refractivity contribution is 7.99. The number of aromatic nitrogens is 3. The number of thioether (sulfide) groups is 1. The van der Waals surface area contributed by atoms with Crippen molar-refractivity contribution in [3.8, 4) is 11.4 Å². The summed E-state index contributed by atoms with van der Waals surface area (Å²) in [6, 6.07) is 15.3. The summed E-state index contributed by atoms with van der Waals surface area (Å²) in [5, 5.41) is 7.41. The van der Waals surface area contributed by atoms with E-state index >= 15 is 0 Å². The number of halogens is 1. The fourth-order valence-corrected chi connectivity index (χ4v) is 2.60. The summed E-state index contributed by atoms with van der Waals surface area (Å²) in [5.41, 5.74) is 1.28. The molecule has 0 aliphatic carbocycles. The third-order valence-corrected chi connectivity index (χ3v) is 3.84. The molecule has 1 heterocycles. The Balaban J connectivity index is 1.65. The van der Waals surface area contributed by atoms with Crippen LogP contribution in [0.2, 0.25) is 0 Å². The first-order chi connectivity index (χ1) is 10.7. The van der Waals surface area contributed by atoms with Crippen molar-refractivity contribution in [2.75, 3.05) is 5.75 Å². The summed E-state index contributed by atoms with van der Waals surface area (Å²) in [4.78, 5) is 16.3. The van der Waals surface area contributed by atoms with Crippen LogP contribution in [0, 0.1) is 5.82 Å². The Kier molecular flexibility index (Phi) is 4.29. The van der Waals surface area contributed by atoms with Gasteiger partial charge in [-0.15, -0.1) is 5.10 Å². The SMILES string of the molecule is O=C(CSc1n[nH]c(-c2ccccc2)n1)c1cccc(F)c1. The van der Waals surface area contributed by atoms with Crippen LogP contribution >= 0.6 is 11.8 Å². The van der Waals surface area contributed by atoms with Gasteiger partial charge in [0.25, 0.3) is 0 Å². The maximum atomic E-state index is 13.1. The van der Waals surface area contributed by atoms with Gasteiger partial charge in [-0.2, -0.15) is 0 Å². The summed E-state index contributed by atoms with van der Waals surface area (Å²) in [6.45, 7) is 0. The van der Waals surface area contributed by atoms with Gasteiger partial charge in [0.2, 0.25) is 5.16 Å². The Morgan fingerprint density at radius 3 is 2.73 bits per heavy atom. The van der Waals surface area contributed by atoms with Crippen LogP contribution in [-0.2, 0) is 0 Å². The first kappa shape index (κ1) is 14.5. The Morgan fingerprint density at radius 1 is 1.14 bits per heavy atom. The van der Waals surface area contributed by atoms with Gasteiger partial charge in [0, 0.05) is 11.1 Å². The van der Waals surface area contributed by atoms with Gasteiger partial charge < -0.3 is 0 Å². The van der Waals surface area contributed by atoms with Crippen molar-refractivity contribution >= 4 is 17.5 Å². The summed E-state index contributed by atoms with van der Waals surface area (Å²) in [5.74, 6) is 0.243. The number of rotatable bonds is 5. The molecule has 3 aromatic rings. The van der Waals surface area contributed by atoms with Crippen molar-refractivity contribution in [2.24, 2.45) is 0 Å². The van der Waals surface area contributed by atoms with Gasteiger partial charge in [0.1, 0.15) is 5.82 Å². The minimum absolute atomic E-state index is 0.157. The first-order valence-corrected chi connectivity index (χ1v) is 7.60. The minimum Gasteiger partial charge on any atom is -0.293 e. The van der Waals surface area contributed by atoms with Gasteiger partial charge >= 0.3 is 0 Å². The normalized spacial score (nSPS) is 10.6. The molecular formula is C16H12FN3OS. The number of aromatic amines is 1. The highest BCUT2D eigenvalue weighted by atomic mass is 32.2. The van der Waals surface area contributed by atoms with Crippen LogP contribution in [0.5, 0.6) is 0 Å². The molecule has 0 aliphatic heterocycles. The lowest BCUT2D eigenvalue weighted by Gasteiger charge is -1.99. The number of carbonyl (C=O) groups excluding carboxylic acids is 1. The van der Waals surface area contributed by atoms with Crippen LogP contribution in [0.4, 0.5) is 4.39 Å². The van der Waals surface area contributed by atoms with Gasteiger partial charge in [-0.25, -0.2) is 9.37 Å². The Bertz CT molecular complexity index is 789. The molecule has 0 radical (unpaired) electrons. The molecule has 1 aromatic heterocycles. The number of hydrogen-bond acceptors (Lipinski definition) is 4. The number of carbonyl (C=O) groups is 1. The van der Waals surface area contributed by atoms with E-state index in [0.717, 1.165) is 5.56 Å². The zero-order valence-corrected chi connectivity index (χ0v) is 12.3. The van der Waals surface area contributed by atoms with Gasteiger partial charge in [-0.3, -0.25) is 9.89 Å². The maximum absolute atomic E-state index is 13.1. The zero-order valence-electron chi connectivity index (χ0n) is 11.5. The smallest absolute Gasteiger partial charge is 0.209 e. The number of ketones is 1. The van der Waals surface area contributed by atoms with Crippen LogP contribution < -0.4 is 0 Å². The molecular weight excluding hydrogens is 301 g/mol.